The fraction of sp³-hybridized carbons (Fsp3) is 0.250. The summed E-state index contributed by atoms with van der Waals surface area (Å²) in [5.41, 5.74) is -0.814. The third-order valence-corrected chi connectivity index (χ3v) is 7.39. The SMILES string of the molecule is COC(=O)[C@H]1C(=O)NC(SCC(=O)Nc2ccc(Cl)c(C(F)(F)F)c2)=C(C#N)[C@@H]1c1ccc(OC)c(Br)c1. The number of nitrogens with one attached hydrogen (secondary N) is 2. The van der Waals surface area contributed by atoms with Crippen molar-refractivity contribution in [3.63, 3.8) is 0 Å². The van der Waals surface area contributed by atoms with Crippen LogP contribution in [0.15, 0.2) is 51.5 Å². The predicted octanol–water partition coefficient (Wildman–Crippen LogP) is 5.24. The van der Waals surface area contributed by atoms with Crippen molar-refractivity contribution in [1.29, 1.82) is 5.26 Å². The summed E-state index contributed by atoms with van der Waals surface area (Å²) in [6.45, 7) is 0. The van der Waals surface area contributed by atoms with Gasteiger partial charge in [-0.2, -0.15) is 18.4 Å². The second kappa shape index (κ2) is 12.1. The van der Waals surface area contributed by atoms with Crippen LogP contribution in [0.5, 0.6) is 5.75 Å². The number of nitrogens with zero attached hydrogens (tertiary/aromatic N) is 1. The Kier molecular flexibility index (Phi) is 9.35. The number of benzene rings is 2. The first-order valence-corrected chi connectivity index (χ1v) is 12.7. The van der Waals surface area contributed by atoms with E-state index in [0.29, 0.717) is 21.9 Å². The third-order valence-electron chi connectivity index (χ3n) is 5.42. The Hall–Kier alpha value is -3.21. The van der Waals surface area contributed by atoms with Gasteiger partial charge in [0.25, 0.3) is 0 Å². The molecule has 1 aliphatic heterocycles. The molecule has 0 aliphatic carbocycles. The number of amides is 2. The van der Waals surface area contributed by atoms with Crippen LogP contribution in [0.3, 0.4) is 0 Å². The van der Waals surface area contributed by atoms with Crippen molar-refractivity contribution in [2.75, 3.05) is 25.3 Å². The van der Waals surface area contributed by atoms with Crippen molar-refractivity contribution < 1.29 is 37.0 Å². The maximum Gasteiger partial charge on any atom is 0.417 e. The Labute approximate surface area is 232 Å². The number of hydrogen-bond donors (Lipinski definition) is 2. The van der Waals surface area contributed by atoms with Gasteiger partial charge in [0, 0.05) is 11.6 Å². The number of thioether (sulfide) groups is 1. The first-order chi connectivity index (χ1) is 17.9. The highest BCUT2D eigenvalue weighted by Gasteiger charge is 2.44. The fourth-order valence-electron chi connectivity index (χ4n) is 3.71. The molecule has 38 heavy (non-hydrogen) atoms. The van der Waals surface area contributed by atoms with E-state index in [4.69, 9.17) is 21.1 Å². The minimum absolute atomic E-state index is 0.000664. The predicted molar refractivity (Wildman–Crippen MR) is 137 cm³/mol. The average Bonchev–Trinajstić information content (AvgIpc) is 2.86. The van der Waals surface area contributed by atoms with Crippen molar-refractivity contribution >= 4 is 62.8 Å². The number of ether oxygens (including phenoxy) is 2. The second-order valence-corrected chi connectivity index (χ2v) is 9.99. The van der Waals surface area contributed by atoms with Gasteiger partial charge in [0.1, 0.15) is 11.7 Å². The van der Waals surface area contributed by atoms with E-state index in [1.165, 1.54) is 13.2 Å². The zero-order chi connectivity index (χ0) is 28.2. The third kappa shape index (κ3) is 6.43. The molecule has 1 heterocycles. The highest BCUT2D eigenvalue weighted by atomic mass is 79.9. The van der Waals surface area contributed by atoms with Gasteiger partial charge in [-0.25, -0.2) is 0 Å². The molecule has 0 saturated heterocycles. The topological polar surface area (TPSA) is 118 Å². The van der Waals surface area contributed by atoms with Crippen LogP contribution in [-0.2, 0) is 25.3 Å². The van der Waals surface area contributed by atoms with Crippen molar-refractivity contribution in [3.8, 4) is 11.8 Å². The van der Waals surface area contributed by atoms with E-state index in [1.807, 2.05) is 6.07 Å². The molecule has 200 valence electrons. The molecule has 2 atom stereocenters. The summed E-state index contributed by atoms with van der Waals surface area (Å²) < 4.78 is 49.9. The number of carbonyl (C=O) groups is 3. The van der Waals surface area contributed by atoms with Crippen molar-refractivity contribution in [2.24, 2.45) is 5.92 Å². The molecule has 2 N–H and O–H groups in total. The van der Waals surface area contributed by atoms with Gasteiger partial charge < -0.3 is 20.1 Å². The number of nitriles is 1. The Morgan fingerprint density at radius 1 is 1.24 bits per heavy atom. The molecule has 0 radical (unpaired) electrons. The molecule has 2 aromatic carbocycles. The molecule has 2 aromatic rings. The normalized spacial score (nSPS) is 17.4. The summed E-state index contributed by atoms with van der Waals surface area (Å²) in [6, 6.07) is 9.71. The number of anilines is 1. The van der Waals surface area contributed by atoms with Crippen molar-refractivity contribution in [2.45, 2.75) is 12.1 Å². The number of alkyl halides is 3. The van der Waals surface area contributed by atoms with Gasteiger partial charge in [-0.15, -0.1) is 0 Å². The Morgan fingerprint density at radius 2 is 1.95 bits per heavy atom. The van der Waals surface area contributed by atoms with Crippen molar-refractivity contribution in [1.82, 2.24) is 5.32 Å². The summed E-state index contributed by atoms with van der Waals surface area (Å²) in [7, 11) is 2.57. The van der Waals surface area contributed by atoms with Crippen LogP contribution in [0.4, 0.5) is 18.9 Å². The zero-order valence-electron chi connectivity index (χ0n) is 19.6. The number of allylic oxidation sites excluding steroid dienone is 1. The highest BCUT2D eigenvalue weighted by molar-refractivity contribution is 9.10. The number of esters is 1. The first kappa shape index (κ1) is 29.3. The van der Waals surface area contributed by atoms with Crippen LogP contribution in [0, 0.1) is 17.2 Å². The molecule has 0 saturated carbocycles. The molecule has 0 unspecified atom stereocenters. The standard InChI is InChI=1S/C24H18BrClF3N3O5S/c1-36-17-6-3-11(7-15(17)25)19-13(9-30)22(32-21(34)20(19)23(35)37-2)38-10-18(33)31-12-4-5-16(26)14(8-12)24(27,28)29/h3-8,19-20H,10H2,1-2H3,(H,31,33)(H,32,34)/t19-,20+/m0/s1. The summed E-state index contributed by atoms with van der Waals surface area (Å²) in [5, 5.41) is 14.3. The van der Waals surface area contributed by atoms with E-state index < -0.39 is 46.4 Å². The van der Waals surface area contributed by atoms with E-state index in [1.54, 1.807) is 18.2 Å². The average molecular weight is 633 g/mol. The molecule has 14 heteroatoms. The molecular weight excluding hydrogens is 615 g/mol. The summed E-state index contributed by atoms with van der Waals surface area (Å²) in [6.07, 6.45) is -4.72. The smallest absolute Gasteiger partial charge is 0.417 e. The number of rotatable bonds is 7. The van der Waals surface area contributed by atoms with Crippen molar-refractivity contribution in [3.05, 3.63) is 67.6 Å². The number of carbonyl (C=O) groups excluding carboxylic acids is 3. The molecule has 2 amide bonds. The van der Waals surface area contributed by atoms with Gasteiger partial charge in [-0.3, -0.25) is 14.4 Å². The monoisotopic (exact) mass is 631 g/mol. The molecule has 0 aromatic heterocycles. The van der Waals surface area contributed by atoms with Gasteiger partial charge in [-0.05, 0) is 51.8 Å². The minimum atomic E-state index is -4.72. The molecule has 0 spiro atoms. The quantitative estimate of drug-likeness (QED) is 0.317. The largest absolute Gasteiger partial charge is 0.496 e. The number of methoxy groups -OCH3 is 2. The molecule has 0 fully saturated rings. The maximum atomic E-state index is 13.1. The molecule has 1 aliphatic rings. The van der Waals surface area contributed by atoms with E-state index in [9.17, 15) is 32.8 Å². The van der Waals surface area contributed by atoms with Crippen LogP contribution < -0.4 is 15.4 Å². The summed E-state index contributed by atoms with van der Waals surface area (Å²) >= 11 is 9.73. The second-order valence-electron chi connectivity index (χ2n) is 7.75. The lowest BCUT2D eigenvalue weighted by molar-refractivity contribution is -0.150. The molecular formula is C24H18BrClF3N3O5S. The van der Waals surface area contributed by atoms with Gasteiger partial charge in [0.15, 0.2) is 0 Å². The Morgan fingerprint density at radius 3 is 2.53 bits per heavy atom. The number of halogens is 5. The molecule has 3 rings (SSSR count). The molecule has 0 bridgehead atoms. The first-order valence-electron chi connectivity index (χ1n) is 10.6. The van der Waals surface area contributed by atoms with Crippen LogP contribution >= 0.6 is 39.3 Å². The fourth-order valence-corrected chi connectivity index (χ4v) is 5.34. The van der Waals surface area contributed by atoms with Gasteiger partial charge >= 0.3 is 12.1 Å². The number of hydrogen-bond acceptors (Lipinski definition) is 7. The highest BCUT2D eigenvalue weighted by Crippen LogP contribution is 2.42. The zero-order valence-corrected chi connectivity index (χ0v) is 22.8. The van der Waals surface area contributed by atoms with Gasteiger partial charge in [0.05, 0.1) is 51.7 Å². The van der Waals surface area contributed by atoms with Gasteiger partial charge in [0.2, 0.25) is 11.8 Å². The van der Waals surface area contributed by atoms with E-state index in [2.05, 4.69) is 26.6 Å². The lowest BCUT2D eigenvalue weighted by Gasteiger charge is -2.31. The van der Waals surface area contributed by atoms with Crippen LogP contribution in [0.2, 0.25) is 5.02 Å². The van der Waals surface area contributed by atoms with Gasteiger partial charge in [-0.1, -0.05) is 29.4 Å². The lowest BCUT2D eigenvalue weighted by Crippen LogP contribution is -2.44. The maximum absolute atomic E-state index is 13.1. The summed E-state index contributed by atoms with van der Waals surface area (Å²) in [4.78, 5) is 38.0. The summed E-state index contributed by atoms with van der Waals surface area (Å²) in [5.74, 6) is -4.63. The Bertz CT molecular complexity index is 1360. The van der Waals surface area contributed by atoms with E-state index in [0.717, 1.165) is 24.9 Å². The Balaban J connectivity index is 1.90. The molecule has 8 nitrogen and oxygen atoms in total. The minimum Gasteiger partial charge on any atom is -0.496 e. The van der Waals surface area contributed by atoms with Crippen LogP contribution in [0.1, 0.15) is 17.0 Å². The lowest BCUT2D eigenvalue weighted by atomic mass is 9.78. The van der Waals surface area contributed by atoms with E-state index in [-0.39, 0.29) is 22.0 Å². The van der Waals surface area contributed by atoms with Crippen LogP contribution in [0.25, 0.3) is 0 Å². The van der Waals surface area contributed by atoms with E-state index >= 15 is 0 Å². The van der Waals surface area contributed by atoms with Crippen LogP contribution in [-0.4, -0.2) is 37.8 Å².